The number of aromatic amines is 1. The summed E-state index contributed by atoms with van der Waals surface area (Å²) in [6.07, 6.45) is 5.65. The van der Waals surface area contributed by atoms with Crippen LogP contribution in [0, 0.1) is 59.2 Å². The Morgan fingerprint density at radius 2 is 1.06 bits per heavy atom. The van der Waals surface area contributed by atoms with Gasteiger partial charge in [-0.2, -0.15) is 21.0 Å². The van der Waals surface area contributed by atoms with Gasteiger partial charge in [0.15, 0.2) is 0 Å². The van der Waals surface area contributed by atoms with Crippen LogP contribution >= 0.6 is 47.8 Å². The highest BCUT2D eigenvalue weighted by molar-refractivity contribution is 9.11. The summed E-state index contributed by atoms with van der Waals surface area (Å²) in [6, 6.07) is 52.9. The number of H-pyrrole nitrogens is 1. The van der Waals surface area contributed by atoms with Crippen molar-refractivity contribution in [2.75, 3.05) is 35.4 Å². The number of rotatable bonds is 8. The van der Waals surface area contributed by atoms with Gasteiger partial charge in [-0.3, -0.25) is 0 Å². The summed E-state index contributed by atoms with van der Waals surface area (Å²) in [4.78, 5) is 4.97. The molecule has 398 valence electrons. The molecule has 11 aromatic rings. The van der Waals surface area contributed by atoms with Crippen molar-refractivity contribution in [2.24, 2.45) is 0 Å². The number of aromatic nitrogens is 4. The zero-order chi connectivity index (χ0) is 57.4. The van der Waals surface area contributed by atoms with Gasteiger partial charge >= 0.3 is 0 Å². The van der Waals surface area contributed by atoms with Gasteiger partial charge in [-0.25, -0.2) is 0 Å². The molecule has 80 heavy (non-hydrogen) atoms. The maximum absolute atomic E-state index is 10.2. The predicted molar refractivity (Wildman–Crippen MR) is 325 cm³/mol. The first-order valence-corrected chi connectivity index (χ1v) is 26.8. The van der Waals surface area contributed by atoms with E-state index >= 15 is 0 Å². The Balaban J connectivity index is 0.000000144. The summed E-state index contributed by atoms with van der Waals surface area (Å²) in [5.74, 6) is 2.54. The summed E-state index contributed by atoms with van der Waals surface area (Å²) in [6.45, 7) is 3.79. The topological polar surface area (TPSA) is 197 Å². The Hall–Kier alpha value is -9.36. The molecule has 0 saturated heterocycles. The maximum atomic E-state index is 10.2. The molecule has 14 nitrogen and oxygen atoms in total. The molecule has 3 N–H and O–H groups in total. The van der Waals surface area contributed by atoms with Gasteiger partial charge in [-0.15, -0.1) is 0 Å². The zero-order valence-corrected chi connectivity index (χ0v) is 49.1. The fourth-order valence-corrected chi connectivity index (χ4v) is 10.9. The van der Waals surface area contributed by atoms with Gasteiger partial charge in [0, 0.05) is 94.1 Å². The van der Waals surface area contributed by atoms with Crippen LogP contribution in [-0.2, 0) is 0 Å². The van der Waals surface area contributed by atoms with Crippen LogP contribution in [0.25, 0.3) is 66.7 Å². The van der Waals surface area contributed by atoms with Gasteiger partial charge in [-0.05, 0) is 159 Å². The monoisotopic (exact) mass is 1250 g/mol. The van der Waals surface area contributed by atoms with Crippen LogP contribution in [0.2, 0.25) is 0 Å². The first kappa shape index (κ1) is 56.8. The average molecular weight is 1250 g/mol. The molecule has 0 atom stereocenters. The number of fused-ring (bicyclic) bond motifs is 4. The van der Waals surface area contributed by atoms with Crippen molar-refractivity contribution >= 4 is 97.5 Å². The molecular formula is C63H50Br3N9O5. The highest BCUT2D eigenvalue weighted by Gasteiger charge is 2.22. The Labute approximate surface area is 487 Å². The summed E-state index contributed by atoms with van der Waals surface area (Å²) in [7, 11) is 8.80. The quantitative estimate of drug-likeness (QED) is 0.132. The van der Waals surface area contributed by atoms with Crippen molar-refractivity contribution in [2.45, 2.75) is 13.8 Å². The third-order valence-electron chi connectivity index (χ3n) is 13.1. The summed E-state index contributed by atoms with van der Waals surface area (Å²) in [5, 5.41) is 61.1. The molecule has 0 unspecified atom stereocenters. The highest BCUT2D eigenvalue weighted by Crippen LogP contribution is 2.43. The lowest BCUT2D eigenvalue weighted by Crippen LogP contribution is -2.02. The van der Waals surface area contributed by atoms with Crippen LogP contribution in [0.1, 0.15) is 39.3 Å². The van der Waals surface area contributed by atoms with E-state index in [-0.39, 0.29) is 11.5 Å². The zero-order valence-electron chi connectivity index (χ0n) is 44.3. The number of nitrogens with zero attached hydrogens (tertiary/aromatic N) is 8. The highest BCUT2D eigenvalue weighted by atomic mass is 79.9. The molecular weight excluding hydrogens is 1200 g/mol. The summed E-state index contributed by atoms with van der Waals surface area (Å²) >= 11 is 10.1. The lowest BCUT2D eigenvalue weighted by atomic mass is 10.1. The van der Waals surface area contributed by atoms with Crippen LogP contribution in [0.4, 0.5) is 0 Å². The van der Waals surface area contributed by atoms with E-state index in [4.69, 9.17) is 19.5 Å². The number of phenolic OH excluding ortho intramolecular Hbond substituents is 2. The van der Waals surface area contributed by atoms with Crippen molar-refractivity contribution in [3.63, 3.8) is 0 Å². The number of nitrogens with one attached hydrogen (secondary N) is 1. The molecule has 11 rings (SSSR count). The average Bonchev–Trinajstić information content (AvgIpc) is 4.37. The Morgan fingerprint density at radius 3 is 1.65 bits per heavy atom. The first-order valence-electron chi connectivity index (χ1n) is 24.5. The number of phenols is 2. The van der Waals surface area contributed by atoms with E-state index in [1.165, 1.54) is 0 Å². The van der Waals surface area contributed by atoms with Crippen LogP contribution in [0.3, 0.4) is 0 Å². The largest absolute Gasteiger partial charge is 0.507 e. The maximum Gasteiger partial charge on any atom is 0.146 e. The molecule has 0 bridgehead atoms. The van der Waals surface area contributed by atoms with E-state index in [0.29, 0.717) is 35.7 Å². The molecule has 17 heteroatoms. The molecule has 0 saturated carbocycles. The number of methoxy groups -OCH3 is 3. The number of nitriles is 4. The minimum absolute atomic E-state index is 0.106. The number of aromatic hydroxyl groups is 2. The lowest BCUT2D eigenvalue weighted by Gasteiger charge is -2.11. The van der Waals surface area contributed by atoms with Gasteiger partial charge in [0.1, 0.15) is 53.0 Å². The molecule has 4 aromatic heterocycles. The van der Waals surface area contributed by atoms with Crippen molar-refractivity contribution in [1.82, 2.24) is 23.6 Å². The second-order valence-corrected chi connectivity index (χ2v) is 20.5. The van der Waals surface area contributed by atoms with Crippen LogP contribution in [-0.4, -0.2) is 69.2 Å². The Kier molecular flexibility index (Phi) is 17.7. The van der Waals surface area contributed by atoms with E-state index in [1.54, 1.807) is 45.7 Å². The fourth-order valence-electron chi connectivity index (χ4n) is 9.23. The second kappa shape index (κ2) is 25.0. The van der Waals surface area contributed by atoms with Crippen LogP contribution < -0.4 is 14.2 Å². The van der Waals surface area contributed by atoms with Crippen LogP contribution in [0.15, 0.2) is 165 Å². The minimum atomic E-state index is 0.106. The standard InChI is InChI=1S/C20H19N3O.C17H12Br2N2O2.C17H13BrN2O2.C9H6N2/c1-22(2)12-11-19-18(14-21)17-10-9-16(24-3)13-20(17)23(19)15-7-5-4-6-8-15;1-9-13(8-20)12-7-14(18)17(22)15(19)16(12)21(9)10-3-5-11(23-2)6-4-10;1-10-14(9-19)13-7-15(18)17(21)8-16(13)20(10)11-3-5-12(22-2)6-4-11;10-5-7-6-11-9-4-2-1-3-8(7)9/h4-13H,1-3H3;3-7,22H,1-2H3;3-8,21H,1-2H3;1-4,6,11H. The van der Waals surface area contributed by atoms with Gasteiger partial charge in [-0.1, -0.05) is 36.4 Å². The number of para-hydroxylation sites is 2. The minimum Gasteiger partial charge on any atom is -0.507 e. The molecule has 0 aliphatic heterocycles. The van der Waals surface area contributed by atoms with Gasteiger partial charge in [0.25, 0.3) is 0 Å². The Morgan fingerprint density at radius 1 is 0.537 bits per heavy atom. The molecule has 4 heterocycles. The van der Waals surface area contributed by atoms with Gasteiger partial charge in [0.2, 0.25) is 0 Å². The Bertz CT molecular complexity index is 4300. The summed E-state index contributed by atoms with van der Waals surface area (Å²) < 4.78 is 23.4. The van der Waals surface area contributed by atoms with E-state index in [9.17, 15) is 26.0 Å². The molecule has 0 spiro atoms. The number of ether oxygens (including phenoxy) is 3. The van der Waals surface area contributed by atoms with Crippen molar-refractivity contribution in [3.05, 3.63) is 205 Å². The normalized spacial score (nSPS) is 10.6. The van der Waals surface area contributed by atoms with Gasteiger partial charge in [0.05, 0.1) is 79.2 Å². The molecule has 0 aliphatic rings. The van der Waals surface area contributed by atoms with Crippen molar-refractivity contribution in [1.29, 1.82) is 21.0 Å². The van der Waals surface area contributed by atoms with Crippen LogP contribution in [0.5, 0.6) is 28.7 Å². The molecule has 0 fully saturated rings. The molecule has 7 aromatic carbocycles. The van der Waals surface area contributed by atoms with E-state index < -0.39 is 0 Å². The first-order chi connectivity index (χ1) is 38.6. The number of halogens is 3. The van der Waals surface area contributed by atoms with E-state index in [0.717, 1.165) is 95.0 Å². The number of hydrogen-bond donors (Lipinski definition) is 3. The number of hydrogen-bond acceptors (Lipinski definition) is 10. The van der Waals surface area contributed by atoms with Crippen molar-refractivity contribution < 1.29 is 24.4 Å². The van der Waals surface area contributed by atoms with E-state index in [2.05, 4.69) is 81.6 Å². The third-order valence-corrected chi connectivity index (χ3v) is 15.1. The summed E-state index contributed by atoms with van der Waals surface area (Å²) in [5.41, 5.74) is 11.4. The van der Waals surface area contributed by atoms with Crippen molar-refractivity contribution in [3.8, 4) is 70.1 Å². The fraction of sp³-hybridized carbons (Fsp3) is 0.111. The second-order valence-electron chi connectivity index (χ2n) is 18.0. The number of benzene rings is 7. The molecule has 0 radical (unpaired) electrons. The predicted octanol–water partition coefficient (Wildman–Crippen LogP) is 15.4. The molecule has 0 aliphatic carbocycles. The SMILES string of the molecule is COc1ccc(-n2c(C)c(C#N)c3cc(Br)c(O)c(Br)c32)cc1.COc1ccc(-n2c(C)c(C#N)c3cc(Br)c(O)cc32)cc1.COc1ccc2c(C#N)c(C=CN(C)C)n(-c3ccccc3)c2c1.N#Cc1c[nH]c2ccccc12. The lowest BCUT2D eigenvalue weighted by molar-refractivity contribution is 0.414. The van der Waals surface area contributed by atoms with E-state index in [1.807, 2.05) is 176 Å². The third kappa shape index (κ3) is 11.3. The smallest absolute Gasteiger partial charge is 0.146 e. The molecule has 0 amide bonds. The van der Waals surface area contributed by atoms with Gasteiger partial charge < -0.3 is 48.0 Å².